The van der Waals surface area contributed by atoms with Crippen molar-refractivity contribution in [3.05, 3.63) is 23.8 Å². The zero-order chi connectivity index (χ0) is 13.8. The molecule has 1 aromatic heterocycles. The Morgan fingerprint density at radius 3 is 3.00 bits per heavy atom. The lowest BCUT2D eigenvalue weighted by Crippen LogP contribution is -2.46. The molecule has 0 radical (unpaired) electrons. The van der Waals surface area contributed by atoms with Gasteiger partial charge < -0.3 is 10.6 Å². The Balaban J connectivity index is 2.07. The predicted octanol–water partition coefficient (Wildman–Crippen LogP) is 1.47. The van der Waals surface area contributed by atoms with Gasteiger partial charge in [-0.05, 0) is 32.2 Å². The van der Waals surface area contributed by atoms with E-state index in [0.29, 0.717) is 11.6 Å². The Morgan fingerprint density at radius 2 is 2.32 bits per heavy atom. The second kappa shape index (κ2) is 6.10. The van der Waals surface area contributed by atoms with Crippen molar-refractivity contribution < 1.29 is 4.79 Å². The number of nitrogens with zero attached hydrogens (tertiary/aromatic N) is 2. The SMILES string of the molecule is CC1CC(NC(=O)c2cncnc2C(C)C)CCN1. The topological polar surface area (TPSA) is 66.9 Å². The van der Waals surface area contributed by atoms with E-state index in [9.17, 15) is 4.79 Å². The Hall–Kier alpha value is -1.49. The maximum atomic E-state index is 12.3. The lowest BCUT2D eigenvalue weighted by atomic mass is 9.99. The third-order valence-corrected chi connectivity index (χ3v) is 3.49. The molecule has 2 rings (SSSR count). The molecule has 1 aliphatic rings. The molecular weight excluding hydrogens is 240 g/mol. The molecule has 0 aliphatic carbocycles. The van der Waals surface area contributed by atoms with Crippen LogP contribution in [0.5, 0.6) is 0 Å². The Kier molecular flexibility index (Phi) is 4.47. The van der Waals surface area contributed by atoms with E-state index >= 15 is 0 Å². The minimum Gasteiger partial charge on any atom is -0.349 e. The van der Waals surface area contributed by atoms with Crippen molar-refractivity contribution in [3.8, 4) is 0 Å². The molecule has 0 bridgehead atoms. The summed E-state index contributed by atoms with van der Waals surface area (Å²) >= 11 is 0. The average Bonchev–Trinajstić information content (AvgIpc) is 2.38. The van der Waals surface area contributed by atoms with Crippen molar-refractivity contribution in [1.29, 1.82) is 0 Å². The fourth-order valence-corrected chi connectivity index (χ4v) is 2.50. The lowest BCUT2D eigenvalue weighted by Gasteiger charge is -2.28. The number of carbonyl (C=O) groups excluding carboxylic acids is 1. The highest BCUT2D eigenvalue weighted by atomic mass is 16.1. The molecular formula is C14H22N4O. The van der Waals surface area contributed by atoms with Gasteiger partial charge in [-0.15, -0.1) is 0 Å². The summed E-state index contributed by atoms with van der Waals surface area (Å²) < 4.78 is 0. The van der Waals surface area contributed by atoms with Crippen LogP contribution < -0.4 is 10.6 Å². The molecule has 1 fully saturated rings. The van der Waals surface area contributed by atoms with Gasteiger partial charge in [-0.2, -0.15) is 0 Å². The van der Waals surface area contributed by atoms with Crippen LogP contribution >= 0.6 is 0 Å². The highest BCUT2D eigenvalue weighted by Gasteiger charge is 2.22. The van der Waals surface area contributed by atoms with Crippen molar-refractivity contribution in [1.82, 2.24) is 20.6 Å². The first-order valence-corrected chi connectivity index (χ1v) is 6.92. The van der Waals surface area contributed by atoms with Gasteiger partial charge in [0.2, 0.25) is 0 Å². The number of rotatable bonds is 3. The van der Waals surface area contributed by atoms with Gasteiger partial charge in [0.1, 0.15) is 6.33 Å². The van der Waals surface area contributed by atoms with E-state index < -0.39 is 0 Å². The highest BCUT2D eigenvalue weighted by molar-refractivity contribution is 5.95. The maximum absolute atomic E-state index is 12.3. The second-order valence-electron chi connectivity index (χ2n) is 5.53. The van der Waals surface area contributed by atoms with Crippen LogP contribution in [0.1, 0.15) is 55.6 Å². The van der Waals surface area contributed by atoms with Gasteiger partial charge >= 0.3 is 0 Å². The molecule has 2 N–H and O–H groups in total. The summed E-state index contributed by atoms with van der Waals surface area (Å²) in [5.41, 5.74) is 1.41. The molecule has 2 unspecified atom stereocenters. The number of hydrogen-bond donors (Lipinski definition) is 2. The number of amides is 1. The van der Waals surface area contributed by atoms with E-state index in [0.717, 1.165) is 25.1 Å². The number of piperidine rings is 1. The second-order valence-corrected chi connectivity index (χ2v) is 5.53. The van der Waals surface area contributed by atoms with E-state index in [1.54, 1.807) is 6.20 Å². The van der Waals surface area contributed by atoms with Gasteiger partial charge in [-0.25, -0.2) is 9.97 Å². The molecule has 2 heterocycles. The van der Waals surface area contributed by atoms with E-state index in [2.05, 4.69) is 27.5 Å². The monoisotopic (exact) mass is 262 g/mol. The van der Waals surface area contributed by atoms with Gasteiger partial charge in [-0.1, -0.05) is 13.8 Å². The molecule has 1 aliphatic heterocycles. The Morgan fingerprint density at radius 1 is 1.53 bits per heavy atom. The van der Waals surface area contributed by atoms with Gasteiger partial charge in [0, 0.05) is 18.3 Å². The summed E-state index contributed by atoms with van der Waals surface area (Å²) in [5.74, 6) is 0.166. The Bertz CT molecular complexity index is 447. The average molecular weight is 262 g/mol. The van der Waals surface area contributed by atoms with Crippen LogP contribution in [0.2, 0.25) is 0 Å². The summed E-state index contributed by atoms with van der Waals surface area (Å²) in [7, 11) is 0. The minimum absolute atomic E-state index is 0.0524. The van der Waals surface area contributed by atoms with Crippen molar-refractivity contribution in [2.45, 2.75) is 51.6 Å². The molecule has 5 heteroatoms. The van der Waals surface area contributed by atoms with Crippen LogP contribution in [0.3, 0.4) is 0 Å². The molecule has 0 saturated carbocycles. The predicted molar refractivity (Wildman–Crippen MR) is 74.1 cm³/mol. The van der Waals surface area contributed by atoms with Gasteiger partial charge in [0.25, 0.3) is 5.91 Å². The van der Waals surface area contributed by atoms with Crippen LogP contribution in [0.4, 0.5) is 0 Å². The van der Waals surface area contributed by atoms with Crippen molar-refractivity contribution >= 4 is 5.91 Å². The first-order chi connectivity index (χ1) is 9.08. The molecule has 0 spiro atoms. The summed E-state index contributed by atoms with van der Waals surface area (Å²) in [4.78, 5) is 20.5. The fourth-order valence-electron chi connectivity index (χ4n) is 2.50. The number of hydrogen-bond acceptors (Lipinski definition) is 4. The summed E-state index contributed by atoms with van der Waals surface area (Å²) in [6, 6.07) is 0.694. The smallest absolute Gasteiger partial charge is 0.254 e. The molecule has 0 aromatic carbocycles. The van der Waals surface area contributed by atoms with E-state index in [-0.39, 0.29) is 17.9 Å². The lowest BCUT2D eigenvalue weighted by molar-refractivity contribution is 0.0923. The standard InChI is InChI=1S/C14H22N4O/c1-9(2)13-12(7-15-8-17-13)14(19)18-11-4-5-16-10(3)6-11/h7-11,16H,4-6H2,1-3H3,(H,18,19). The van der Waals surface area contributed by atoms with Crippen LogP contribution in [-0.2, 0) is 0 Å². The molecule has 1 aromatic rings. The number of carbonyl (C=O) groups is 1. The molecule has 19 heavy (non-hydrogen) atoms. The first-order valence-electron chi connectivity index (χ1n) is 6.92. The van der Waals surface area contributed by atoms with E-state index in [1.807, 2.05) is 13.8 Å². The van der Waals surface area contributed by atoms with Crippen molar-refractivity contribution in [2.24, 2.45) is 0 Å². The zero-order valence-corrected chi connectivity index (χ0v) is 11.8. The first kappa shape index (κ1) is 13.9. The summed E-state index contributed by atoms with van der Waals surface area (Å²) in [5, 5.41) is 6.48. The van der Waals surface area contributed by atoms with Crippen molar-refractivity contribution in [3.63, 3.8) is 0 Å². The third-order valence-electron chi connectivity index (χ3n) is 3.49. The van der Waals surface area contributed by atoms with Crippen LogP contribution in [-0.4, -0.2) is 34.5 Å². The van der Waals surface area contributed by atoms with Crippen LogP contribution in [0.15, 0.2) is 12.5 Å². The number of nitrogens with one attached hydrogen (secondary N) is 2. The Labute approximate surface area is 114 Å². The molecule has 2 atom stereocenters. The van der Waals surface area contributed by atoms with Gasteiger partial charge in [0.15, 0.2) is 0 Å². The van der Waals surface area contributed by atoms with Crippen LogP contribution in [0.25, 0.3) is 0 Å². The normalized spacial score (nSPS) is 23.4. The number of aromatic nitrogens is 2. The van der Waals surface area contributed by atoms with E-state index in [4.69, 9.17) is 0 Å². The van der Waals surface area contributed by atoms with E-state index in [1.165, 1.54) is 6.33 Å². The molecule has 104 valence electrons. The largest absolute Gasteiger partial charge is 0.349 e. The fraction of sp³-hybridized carbons (Fsp3) is 0.643. The minimum atomic E-state index is -0.0524. The molecule has 1 saturated heterocycles. The third kappa shape index (κ3) is 3.50. The van der Waals surface area contributed by atoms with Gasteiger partial charge in [0.05, 0.1) is 11.3 Å². The molecule has 1 amide bonds. The molecule has 5 nitrogen and oxygen atoms in total. The quantitative estimate of drug-likeness (QED) is 0.865. The maximum Gasteiger partial charge on any atom is 0.254 e. The summed E-state index contributed by atoms with van der Waals surface area (Å²) in [6.45, 7) is 7.16. The summed E-state index contributed by atoms with van der Waals surface area (Å²) in [6.07, 6.45) is 5.05. The van der Waals surface area contributed by atoms with Crippen LogP contribution in [0, 0.1) is 0 Å². The highest BCUT2D eigenvalue weighted by Crippen LogP contribution is 2.16. The van der Waals surface area contributed by atoms with Gasteiger partial charge in [-0.3, -0.25) is 4.79 Å². The van der Waals surface area contributed by atoms with Crippen molar-refractivity contribution in [2.75, 3.05) is 6.54 Å². The zero-order valence-electron chi connectivity index (χ0n) is 11.8.